The van der Waals surface area contributed by atoms with Crippen molar-refractivity contribution in [1.29, 1.82) is 0 Å². The van der Waals surface area contributed by atoms with Crippen molar-refractivity contribution < 1.29 is 9.47 Å². The molecule has 0 aliphatic carbocycles. The maximum Gasteiger partial charge on any atom is 0.0858 e. The normalized spacial score (nSPS) is 13.5. The van der Waals surface area contributed by atoms with Crippen LogP contribution >= 0.6 is 0 Å². The first kappa shape index (κ1) is 9.92. The monoisotopic (exact) mass is 145 g/mol. The van der Waals surface area contributed by atoms with Gasteiger partial charge in [0.25, 0.3) is 0 Å². The van der Waals surface area contributed by atoms with Gasteiger partial charge in [0.1, 0.15) is 0 Å². The minimum atomic E-state index is 0.338. The number of rotatable bonds is 6. The molecule has 0 aromatic heterocycles. The lowest BCUT2D eigenvalue weighted by Gasteiger charge is -2.12. The largest absolute Gasteiger partial charge is 0.381 e. The van der Waals surface area contributed by atoms with E-state index in [-0.39, 0.29) is 0 Å². The SMILES string of the molecule is CCCC(C[CH]OC)OC. The predicted molar refractivity (Wildman–Crippen MR) is 41.6 cm³/mol. The van der Waals surface area contributed by atoms with Crippen molar-refractivity contribution in [2.75, 3.05) is 14.2 Å². The molecule has 0 aliphatic rings. The molecule has 0 saturated carbocycles. The lowest BCUT2D eigenvalue weighted by molar-refractivity contribution is 0.0784. The second-order valence-electron chi connectivity index (χ2n) is 2.28. The molecule has 0 bridgehead atoms. The van der Waals surface area contributed by atoms with Crippen LogP contribution in [0.4, 0.5) is 0 Å². The summed E-state index contributed by atoms with van der Waals surface area (Å²) in [5.41, 5.74) is 0. The number of hydrogen-bond donors (Lipinski definition) is 0. The fraction of sp³-hybridized carbons (Fsp3) is 0.875. The summed E-state index contributed by atoms with van der Waals surface area (Å²) in [5.74, 6) is 0. The topological polar surface area (TPSA) is 18.5 Å². The van der Waals surface area contributed by atoms with E-state index in [1.165, 1.54) is 0 Å². The summed E-state index contributed by atoms with van der Waals surface area (Å²) in [7, 11) is 3.41. The first-order chi connectivity index (χ1) is 4.85. The van der Waals surface area contributed by atoms with Crippen LogP contribution in [0.1, 0.15) is 26.2 Å². The van der Waals surface area contributed by atoms with Gasteiger partial charge in [-0.25, -0.2) is 0 Å². The van der Waals surface area contributed by atoms with Gasteiger partial charge in [-0.3, -0.25) is 0 Å². The summed E-state index contributed by atoms with van der Waals surface area (Å²) in [6.07, 6.45) is 3.50. The fourth-order valence-corrected chi connectivity index (χ4v) is 0.857. The molecule has 1 atom stereocenters. The molecule has 1 unspecified atom stereocenters. The Labute approximate surface area is 63.5 Å². The Hall–Kier alpha value is -0.0800. The molecule has 0 amide bonds. The molecule has 0 aliphatic heterocycles. The van der Waals surface area contributed by atoms with Crippen LogP contribution in [0.25, 0.3) is 0 Å². The fourth-order valence-electron chi connectivity index (χ4n) is 0.857. The number of ether oxygens (including phenoxy) is 2. The molecule has 0 aromatic carbocycles. The second-order valence-corrected chi connectivity index (χ2v) is 2.28. The van der Waals surface area contributed by atoms with Crippen molar-refractivity contribution >= 4 is 0 Å². The maximum absolute atomic E-state index is 5.18. The summed E-state index contributed by atoms with van der Waals surface area (Å²) in [4.78, 5) is 0. The van der Waals surface area contributed by atoms with Crippen LogP contribution in [0.2, 0.25) is 0 Å². The standard InChI is InChI=1S/C8H17O2/c1-4-5-8(10-3)6-7-9-2/h7-8H,4-6H2,1-3H3. The zero-order valence-corrected chi connectivity index (χ0v) is 7.09. The highest BCUT2D eigenvalue weighted by Crippen LogP contribution is 2.06. The quantitative estimate of drug-likeness (QED) is 0.569. The van der Waals surface area contributed by atoms with E-state index < -0.39 is 0 Å². The van der Waals surface area contributed by atoms with E-state index >= 15 is 0 Å². The van der Waals surface area contributed by atoms with Gasteiger partial charge >= 0.3 is 0 Å². The Bertz CT molecular complexity index is 64.3. The molecule has 0 saturated heterocycles. The van der Waals surface area contributed by atoms with E-state index in [0.29, 0.717) is 6.10 Å². The highest BCUT2D eigenvalue weighted by Gasteiger charge is 2.04. The Morgan fingerprint density at radius 2 is 2.10 bits per heavy atom. The average molecular weight is 145 g/mol. The minimum Gasteiger partial charge on any atom is -0.381 e. The van der Waals surface area contributed by atoms with Crippen molar-refractivity contribution in [3.63, 3.8) is 0 Å². The first-order valence-corrected chi connectivity index (χ1v) is 3.72. The van der Waals surface area contributed by atoms with Crippen LogP contribution in [-0.2, 0) is 9.47 Å². The Balaban J connectivity index is 3.21. The lowest BCUT2D eigenvalue weighted by atomic mass is 10.1. The summed E-state index contributed by atoms with van der Waals surface area (Å²) in [6, 6.07) is 0. The zero-order valence-electron chi connectivity index (χ0n) is 7.09. The van der Waals surface area contributed by atoms with E-state index in [4.69, 9.17) is 9.47 Å². The van der Waals surface area contributed by atoms with Gasteiger partial charge in [0.2, 0.25) is 0 Å². The van der Waals surface area contributed by atoms with Gasteiger partial charge in [-0.2, -0.15) is 0 Å². The Kier molecular flexibility index (Phi) is 6.98. The summed E-state index contributed by atoms with van der Waals surface area (Å²) >= 11 is 0. The van der Waals surface area contributed by atoms with Crippen LogP contribution in [0.3, 0.4) is 0 Å². The maximum atomic E-state index is 5.18. The van der Waals surface area contributed by atoms with Crippen molar-refractivity contribution in [3.05, 3.63) is 6.61 Å². The Morgan fingerprint density at radius 3 is 2.50 bits per heavy atom. The van der Waals surface area contributed by atoms with Crippen LogP contribution in [-0.4, -0.2) is 20.3 Å². The molecule has 2 heteroatoms. The number of hydrogen-bond acceptors (Lipinski definition) is 2. The lowest BCUT2D eigenvalue weighted by Crippen LogP contribution is -2.10. The molecule has 0 rings (SSSR count). The van der Waals surface area contributed by atoms with E-state index in [1.54, 1.807) is 20.8 Å². The molecule has 1 radical (unpaired) electrons. The molecule has 0 spiro atoms. The van der Waals surface area contributed by atoms with Gasteiger partial charge in [0.15, 0.2) is 0 Å². The molecule has 0 aromatic rings. The highest BCUT2D eigenvalue weighted by molar-refractivity contribution is 4.62. The third kappa shape index (κ3) is 4.77. The molecule has 0 N–H and O–H groups in total. The summed E-state index contributed by atoms with van der Waals surface area (Å²) in [6.45, 7) is 3.93. The van der Waals surface area contributed by atoms with E-state index in [0.717, 1.165) is 19.3 Å². The van der Waals surface area contributed by atoms with Crippen molar-refractivity contribution in [1.82, 2.24) is 0 Å². The minimum absolute atomic E-state index is 0.338. The molecule has 61 valence electrons. The van der Waals surface area contributed by atoms with Crippen molar-refractivity contribution in [2.45, 2.75) is 32.3 Å². The third-order valence-corrected chi connectivity index (χ3v) is 1.47. The van der Waals surface area contributed by atoms with Crippen molar-refractivity contribution in [2.24, 2.45) is 0 Å². The second kappa shape index (κ2) is 7.03. The number of methoxy groups -OCH3 is 2. The Morgan fingerprint density at radius 1 is 1.40 bits per heavy atom. The molecular formula is C8H17O2. The highest BCUT2D eigenvalue weighted by atomic mass is 16.5. The van der Waals surface area contributed by atoms with E-state index in [2.05, 4.69) is 6.92 Å². The first-order valence-electron chi connectivity index (χ1n) is 3.72. The molecule has 2 nitrogen and oxygen atoms in total. The van der Waals surface area contributed by atoms with Crippen LogP contribution < -0.4 is 0 Å². The third-order valence-electron chi connectivity index (χ3n) is 1.47. The van der Waals surface area contributed by atoms with E-state index in [1.807, 2.05) is 0 Å². The molecule has 0 fully saturated rings. The van der Waals surface area contributed by atoms with Gasteiger partial charge < -0.3 is 9.47 Å². The zero-order chi connectivity index (χ0) is 7.82. The van der Waals surface area contributed by atoms with Crippen LogP contribution in [0.15, 0.2) is 0 Å². The van der Waals surface area contributed by atoms with Gasteiger partial charge in [0.05, 0.1) is 12.7 Å². The van der Waals surface area contributed by atoms with Gasteiger partial charge in [-0.05, 0) is 6.42 Å². The van der Waals surface area contributed by atoms with Gasteiger partial charge in [-0.15, -0.1) is 0 Å². The average Bonchev–Trinajstić information content (AvgIpc) is 1.98. The molecule has 10 heavy (non-hydrogen) atoms. The van der Waals surface area contributed by atoms with Crippen LogP contribution in [0.5, 0.6) is 0 Å². The smallest absolute Gasteiger partial charge is 0.0858 e. The van der Waals surface area contributed by atoms with Crippen LogP contribution in [0, 0.1) is 6.61 Å². The predicted octanol–water partition coefficient (Wildman–Crippen LogP) is 2.00. The summed E-state index contributed by atoms with van der Waals surface area (Å²) in [5, 5.41) is 0. The van der Waals surface area contributed by atoms with Gasteiger partial charge in [-0.1, -0.05) is 13.3 Å². The molecule has 0 heterocycles. The van der Waals surface area contributed by atoms with E-state index in [9.17, 15) is 0 Å². The van der Waals surface area contributed by atoms with Gasteiger partial charge in [0, 0.05) is 20.6 Å². The summed E-state index contributed by atoms with van der Waals surface area (Å²) < 4.78 is 10.00. The van der Waals surface area contributed by atoms with Crippen molar-refractivity contribution in [3.8, 4) is 0 Å². The molecular weight excluding hydrogens is 128 g/mol.